The van der Waals surface area contributed by atoms with Gasteiger partial charge in [0.25, 0.3) is 0 Å². The van der Waals surface area contributed by atoms with Crippen molar-refractivity contribution >= 4 is 17.4 Å². The van der Waals surface area contributed by atoms with Gasteiger partial charge < -0.3 is 19.9 Å². The van der Waals surface area contributed by atoms with Crippen molar-refractivity contribution < 1.29 is 9.53 Å². The van der Waals surface area contributed by atoms with Crippen LogP contribution in [0.2, 0.25) is 0 Å². The Kier molecular flexibility index (Phi) is 5.70. The number of hydrogen-bond donors (Lipinski definition) is 2. The van der Waals surface area contributed by atoms with Gasteiger partial charge in [0.05, 0.1) is 32.0 Å². The molecule has 8 heteroatoms. The summed E-state index contributed by atoms with van der Waals surface area (Å²) in [6.07, 6.45) is 5.64. The predicted octanol–water partition coefficient (Wildman–Crippen LogP) is 2.56. The van der Waals surface area contributed by atoms with E-state index < -0.39 is 0 Å². The zero-order chi connectivity index (χ0) is 23.1. The summed E-state index contributed by atoms with van der Waals surface area (Å²) in [4.78, 5) is 16.1. The van der Waals surface area contributed by atoms with E-state index in [-0.39, 0.29) is 5.91 Å². The Balaban J connectivity index is 1.48. The first-order valence-corrected chi connectivity index (χ1v) is 11.7. The summed E-state index contributed by atoms with van der Waals surface area (Å²) in [6.45, 7) is 7.19. The van der Waals surface area contributed by atoms with Gasteiger partial charge in [-0.2, -0.15) is 5.10 Å². The molecule has 3 aliphatic heterocycles. The molecule has 1 amide bonds. The van der Waals surface area contributed by atoms with E-state index in [0.717, 1.165) is 47.5 Å². The lowest BCUT2D eigenvalue weighted by atomic mass is 9.90. The largest absolute Gasteiger partial charge is 0.381 e. The SMILES string of the molecule is CC(=O)N1CCC(NC2COC2)=C(C(=N)N2CC(C)Cc3cc(-c4cnn(C)c4)ccc32)C1. The Morgan fingerprint density at radius 2 is 2.09 bits per heavy atom. The van der Waals surface area contributed by atoms with E-state index in [4.69, 9.17) is 4.74 Å². The van der Waals surface area contributed by atoms with Crippen LogP contribution >= 0.6 is 0 Å². The molecule has 1 aromatic heterocycles. The van der Waals surface area contributed by atoms with Gasteiger partial charge >= 0.3 is 0 Å². The van der Waals surface area contributed by atoms with Crippen LogP contribution in [0.1, 0.15) is 25.8 Å². The van der Waals surface area contributed by atoms with Crippen molar-refractivity contribution in [3.05, 3.63) is 47.4 Å². The Labute approximate surface area is 194 Å². The number of rotatable bonds is 4. The summed E-state index contributed by atoms with van der Waals surface area (Å²) in [6, 6.07) is 6.79. The third-order valence-corrected chi connectivity index (χ3v) is 6.83. The average Bonchev–Trinajstić information content (AvgIpc) is 3.21. The molecule has 5 rings (SSSR count). The number of benzene rings is 1. The maximum Gasteiger partial charge on any atom is 0.219 e. The number of fused-ring (bicyclic) bond motifs is 1. The molecule has 0 bridgehead atoms. The highest BCUT2D eigenvalue weighted by molar-refractivity contribution is 6.09. The zero-order valence-electron chi connectivity index (χ0n) is 19.6. The van der Waals surface area contributed by atoms with Gasteiger partial charge in [0, 0.05) is 62.2 Å². The topological polar surface area (TPSA) is 86.5 Å². The molecule has 2 N–H and O–H groups in total. The molecule has 174 valence electrons. The van der Waals surface area contributed by atoms with Crippen LogP contribution in [0.4, 0.5) is 5.69 Å². The summed E-state index contributed by atoms with van der Waals surface area (Å²) in [5, 5.41) is 17.1. The van der Waals surface area contributed by atoms with Crippen molar-refractivity contribution in [2.24, 2.45) is 13.0 Å². The Hall–Kier alpha value is -3.13. The van der Waals surface area contributed by atoms with Crippen molar-refractivity contribution in [1.82, 2.24) is 20.0 Å². The average molecular weight is 449 g/mol. The fraction of sp³-hybridized carbons (Fsp3) is 0.480. The molecule has 3 aliphatic rings. The highest BCUT2D eigenvalue weighted by Crippen LogP contribution is 2.35. The lowest BCUT2D eigenvalue weighted by molar-refractivity contribution is -0.128. The minimum Gasteiger partial charge on any atom is -0.381 e. The second-order valence-electron chi connectivity index (χ2n) is 9.54. The molecule has 1 atom stereocenters. The Bertz CT molecular complexity index is 1120. The Morgan fingerprint density at radius 3 is 2.76 bits per heavy atom. The van der Waals surface area contributed by atoms with Gasteiger partial charge in [0.1, 0.15) is 5.84 Å². The number of anilines is 1. The lowest BCUT2D eigenvalue weighted by Crippen LogP contribution is -2.50. The maximum absolute atomic E-state index is 12.1. The number of ether oxygens (including phenoxy) is 1. The molecule has 0 aliphatic carbocycles. The van der Waals surface area contributed by atoms with E-state index >= 15 is 0 Å². The smallest absolute Gasteiger partial charge is 0.219 e. The number of amidine groups is 1. The molecule has 0 saturated carbocycles. The summed E-state index contributed by atoms with van der Waals surface area (Å²) in [7, 11) is 1.93. The van der Waals surface area contributed by atoms with Gasteiger partial charge in [-0.3, -0.25) is 14.9 Å². The van der Waals surface area contributed by atoms with Gasteiger partial charge in [-0.1, -0.05) is 13.0 Å². The van der Waals surface area contributed by atoms with Crippen molar-refractivity contribution in [1.29, 1.82) is 5.41 Å². The predicted molar refractivity (Wildman–Crippen MR) is 128 cm³/mol. The van der Waals surface area contributed by atoms with Gasteiger partial charge in [-0.25, -0.2) is 0 Å². The van der Waals surface area contributed by atoms with Crippen molar-refractivity contribution in [3.8, 4) is 11.1 Å². The third kappa shape index (κ3) is 4.27. The van der Waals surface area contributed by atoms with Crippen LogP contribution in [0.15, 0.2) is 41.9 Å². The molecule has 8 nitrogen and oxygen atoms in total. The van der Waals surface area contributed by atoms with Crippen LogP contribution in [0.3, 0.4) is 0 Å². The summed E-state index contributed by atoms with van der Waals surface area (Å²) in [5.41, 5.74) is 6.58. The second-order valence-corrected chi connectivity index (χ2v) is 9.54. The Morgan fingerprint density at radius 1 is 1.27 bits per heavy atom. The molecule has 0 spiro atoms. The lowest BCUT2D eigenvalue weighted by Gasteiger charge is -2.40. The van der Waals surface area contributed by atoms with Gasteiger partial charge in [-0.15, -0.1) is 0 Å². The van der Waals surface area contributed by atoms with Crippen LogP contribution in [0, 0.1) is 11.3 Å². The number of nitrogens with zero attached hydrogens (tertiary/aromatic N) is 4. The monoisotopic (exact) mass is 448 g/mol. The first kappa shape index (κ1) is 21.7. The first-order valence-electron chi connectivity index (χ1n) is 11.7. The highest BCUT2D eigenvalue weighted by atomic mass is 16.5. The van der Waals surface area contributed by atoms with Crippen molar-refractivity contribution in [2.45, 2.75) is 32.7 Å². The van der Waals surface area contributed by atoms with Crippen LogP contribution < -0.4 is 10.2 Å². The summed E-state index contributed by atoms with van der Waals surface area (Å²) >= 11 is 0. The maximum atomic E-state index is 12.1. The minimum atomic E-state index is 0.0554. The number of carbonyl (C=O) groups excluding carboxylic acids is 1. The molecule has 1 fully saturated rings. The second kappa shape index (κ2) is 8.67. The van der Waals surface area contributed by atoms with E-state index in [0.29, 0.717) is 44.1 Å². The van der Waals surface area contributed by atoms with Gasteiger partial charge in [0.15, 0.2) is 0 Å². The number of aromatic nitrogens is 2. The molecule has 1 aromatic carbocycles. The van der Waals surface area contributed by atoms with Crippen molar-refractivity contribution in [3.63, 3.8) is 0 Å². The van der Waals surface area contributed by atoms with Crippen LogP contribution in [0.25, 0.3) is 11.1 Å². The highest BCUT2D eigenvalue weighted by Gasteiger charge is 2.32. The van der Waals surface area contributed by atoms with Crippen LogP contribution in [0.5, 0.6) is 0 Å². The van der Waals surface area contributed by atoms with Crippen molar-refractivity contribution in [2.75, 3.05) is 37.7 Å². The van der Waals surface area contributed by atoms with Crippen LogP contribution in [-0.4, -0.2) is 65.3 Å². The van der Waals surface area contributed by atoms with E-state index in [1.165, 1.54) is 5.56 Å². The summed E-state index contributed by atoms with van der Waals surface area (Å²) in [5.74, 6) is 0.969. The number of nitrogens with one attached hydrogen (secondary N) is 2. The molecular weight excluding hydrogens is 416 g/mol. The van der Waals surface area contributed by atoms with Crippen LogP contribution in [-0.2, 0) is 23.0 Å². The molecule has 1 unspecified atom stereocenters. The standard InChI is InChI=1S/C25H32N6O2/c1-16-8-19-9-18(20-10-27-29(3)12-20)4-5-24(19)31(11-16)25(26)22-13-30(17(2)32)7-6-23(22)28-21-14-33-15-21/h4-5,9-10,12,16,21,26,28H,6-8,11,13-15H2,1-3H3. The van der Waals surface area contributed by atoms with E-state index in [1.807, 2.05) is 29.0 Å². The van der Waals surface area contributed by atoms with Gasteiger partial charge in [-0.05, 0) is 35.6 Å². The number of hydrogen-bond acceptors (Lipinski definition) is 5. The minimum absolute atomic E-state index is 0.0554. The van der Waals surface area contributed by atoms with E-state index in [2.05, 4.69) is 40.4 Å². The molecular formula is C25H32N6O2. The summed E-state index contributed by atoms with van der Waals surface area (Å²) < 4.78 is 7.15. The van der Waals surface area contributed by atoms with E-state index in [1.54, 1.807) is 6.92 Å². The molecule has 2 aromatic rings. The fourth-order valence-corrected chi connectivity index (χ4v) is 4.96. The number of amides is 1. The fourth-order valence-electron chi connectivity index (χ4n) is 4.96. The number of aryl methyl sites for hydroxylation is 1. The molecule has 1 saturated heterocycles. The quantitative estimate of drug-likeness (QED) is 0.555. The molecule has 0 radical (unpaired) electrons. The molecule has 33 heavy (non-hydrogen) atoms. The zero-order valence-corrected chi connectivity index (χ0v) is 19.6. The molecule has 4 heterocycles. The third-order valence-electron chi connectivity index (χ3n) is 6.83. The van der Waals surface area contributed by atoms with E-state index in [9.17, 15) is 10.2 Å². The first-order chi connectivity index (χ1) is 15.9. The normalized spacial score (nSPS) is 21.0. The van der Waals surface area contributed by atoms with Gasteiger partial charge in [0.2, 0.25) is 5.91 Å². The number of carbonyl (C=O) groups is 1.